The molecule has 3 rings (SSSR count). The number of ether oxygens (including phenoxy) is 1. The molecule has 2 heterocycles. The molecule has 92 valence electrons. The molecule has 0 radical (unpaired) electrons. The zero-order valence-corrected chi connectivity index (χ0v) is 10.6. The Labute approximate surface area is 105 Å². The minimum Gasteiger partial charge on any atom is -0.483 e. The van der Waals surface area contributed by atoms with Crippen molar-refractivity contribution in [2.75, 3.05) is 0 Å². The summed E-state index contributed by atoms with van der Waals surface area (Å²) in [6.07, 6.45) is 3.99. The second-order valence-corrected chi connectivity index (χ2v) is 5.10. The predicted molar refractivity (Wildman–Crippen MR) is 70.0 cm³/mol. The van der Waals surface area contributed by atoms with E-state index in [0.717, 1.165) is 16.7 Å². The number of ketones is 1. The van der Waals surface area contributed by atoms with Crippen LogP contribution in [0.4, 0.5) is 0 Å². The number of fused-ring (bicyclic) bond motifs is 3. The fraction of sp³-hybridized carbons (Fsp3) is 0.267. The molecule has 1 aliphatic heterocycles. The van der Waals surface area contributed by atoms with Crippen LogP contribution in [-0.2, 0) is 0 Å². The molecule has 0 atom stereocenters. The maximum atomic E-state index is 11.3. The second-order valence-electron chi connectivity index (χ2n) is 5.10. The average Bonchev–Trinajstić information content (AvgIpc) is 2.71. The molecule has 3 nitrogen and oxygen atoms in total. The molecular formula is C15H14O3. The molecule has 0 spiro atoms. The number of benzene rings is 1. The highest BCUT2D eigenvalue weighted by Crippen LogP contribution is 2.37. The van der Waals surface area contributed by atoms with Gasteiger partial charge in [-0.25, -0.2) is 0 Å². The Morgan fingerprint density at radius 1 is 1.28 bits per heavy atom. The van der Waals surface area contributed by atoms with Crippen molar-refractivity contribution in [1.82, 2.24) is 0 Å². The number of rotatable bonds is 1. The average molecular weight is 242 g/mol. The molecule has 1 aliphatic rings. The largest absolute Gasteiger partial charge is 0.483 e. The van der Waals surface area contributed by atoms with E-state index in [9.17, 15) is 4.79 Å². The Balaban J connectivity index is 2.24. The summed E-state index contributed by atoms with van der Waals surface area (Å²) in [5, 5.41) is 0.923. The molecule has 1 aromatic heterocycles. The van der Waals surface area contributed by atoms with Gasteiger partial charge >= 0.3 is 0 Å². The van der Waals surface area contributed by atoms with E-state index in [1.54, 1.807) is 6.07 Å². The van der Waals surface area contributed by atoms with Crippen molar-refractivity contribution in [3.8, 4) is 5.75 Å². The van der Waals surface area contributed by atoms with E-state index in [0.29, 0.717) is 11.3 Å². The molecule has 0 N–H and O–H groups in total. The minimum atomic E-state index is -0.309. The fourth-order valence-corrected chi connectivity index (χ4v) is 2.13. The van der Waals surface area contributed by atoms with Crippen molar-refractivity contribution < 1.29 is 13.9 Å². The van der Waals surface area contributed by atoms with Gasteiger partial charge in [-0.2, -0.15) is 0 Å². The van der Waals surface area contributed by atoms with E-state index < -0.39 is 0 Å². The second kappa shape index (κ2) is 3.48. The van der Waals surface area contributed by atoms with Crippen LogP contribution in [0.25, 0.3) is 17.0 Å². The topological polar surface area (TPSA) is 39.4 Å². The van der Waals surface area contributed by atoms with Crippen molar-refractivity contribution in [2.24, 2.45) is 0 Å². The van der Waals surface area contributed by atoms with Crippen molar-refractivity contribution in [2.45, 2.75) is 26.4 Å². The number of Topliss-reactive ketones (excluding diaryl/α,β-unsaturated/α-hetero) is 1. The van der Waals surface area contributed by atoms with Gasteiger partial charge in [0.15, 0.2) is 11.5 Å². The lowest BCUT2D eigenvalue weighted by Gasteiger charge is -2.27. The number of hydrogen-bond acceptors (Lipinski definition) is 3. The lowest BCUT2D eigenvalue weighted by atomic mass is 10.0. The molecule has 3 heteroatoms. The molecule has 1 aromatic carbocycles. The Hall–Kier alpha value is -2.03. The van der Waals surface area contributed by atoms with Crippen molar-refractivity contribution in [3.63, 3.8) is 0 Å². The molecule has 18 heavy (non-hydrogen) atoms. The molecule has 0 saturated heterocycles. The normalized spacial score (nSPS) is 16.4. The van der Waals surface area contributed by atoms with Crippen LogP contribution in [0.15, 0.2) is 28.7 Å². The van der Waals surface area contributed by atoms with Crippen LogP contribution in [0.3, 0.4) is 0 Å². The highest BCUT2D eigenvalue weighted by Gasteiger charge is 2.24. The van der Waals surface area contributed by atoms with Crippen molar-refractivity contribution in [1.29, 1.82) is 0 Å². The van der Waals surface area contributed by atoms with E-state index in [-0.39, 0.29) is 11.4 Å². The number of furan rings is 1. The standard InChI is InChI=1S/C15H14O3/c1-9(16)13-8-10-4-5-12-11(14(10)17-13)6-7-15(2,3)18-12/h4-8H,1-3H3. The third kappa shape index (κ3) is 1.63. The summed E-state index contributed by atoms with van der Waals surface area (Å²) >= 11 is 0. The molecule has 2 aromatic rings. The molecule has 0 saturated carbocycles. The quantitative estimate of drug-likeness (QED) is 0.713. The number of carbonyl (C=O) groups excluding carboxylic acids is 1. The molecular weight excluding hydrogens is 228 g/mol. The van der Waals surface area contributed by atoms with Gasteiger partial charge in [0.1, 0.15) is 16.9 Å². The van der Waals surface area contributed by atoms with Gasteiger partial charge < -0.3 is 9.15 Å². The first-order valence-electron chi connectivity index (χ1n) is 5.92. The van der Waals surface area contributed by atoms with E-state index in [1.807, 2.05) is 38.1 Å². The van der Waals surface area contributed by atoms with Gasteiger partial charge in [0.25, 0.3) is 0 Å². The molecule has 0 bridgehead atoms. The summed E-state index contributed by atoms with van der Waals surface area (Å²) in [5.41, 5.74) is 1.31. The first-order valence-corrected chi connectivity index (χ1v) is 5.92. The van der Waals surface area contributed by atoms with Crippen LogP contribution in [0.5, 0.6) is 5.75 Å². The van der Waals surface area contributed by atoms with Crippen LogP contribution in [0.1, 0.15) is 36.9 Å². The van der Waals surface area contributed by atoms with Crippen molar-refractivity contribution in [3.05, 3.63) is 35.6 Å². The van der Waals surface area contributed by atoms with Crippen LogP contribution < -0.4 is 4.74 Å². The molecule has 0 aliphatic carbocycles. The van der Waals surface area contributed by atoms with Crippen LogP contribution in [-0.4, -0.2) is 11.4 Å². The van der Waals surface area contributed by atoms with Crippen molar-refractivity contribution >= 4 is 22.8 Å². The Bertz CT molecular complexity index is 674. The summed E-state index contributed by atoms with van der Waals surface area (Å²) < 4.78 is 11.5. The molecule has 0 amide bonds. The van der Waals surface area contributed by atoms with E-state index in [2.05, 4.69) is 0 Å². The van der Waals surface area contributed by atoms with E-state index in [1.165, 1.54) is 6.92 Å². The third-order valence-corrected chi connectivity index (χ3v) is 3.06. The summed E-state index contributed by atoms with van der Waals surface area (Å²) in [6.45, 7) is 5.50. The third-order valence-electron chi connectivity index (χ3n) is 3.06. The monoisotopic (exact) mass is 242 g/mol. The summed E-state index contributed by atoms with van der Waals surface area (Å²) in [5.74, 6) is 1.11. The number of carbonyl (C=O) groups is 1. The first kappa shape index (κ1) is 11.1. The molecule has 0 unspecified atom stereocenters. The van der Waals surface area contributed by atoms with E-state index >= 15 is 0 Å². The maximum Gasteiger partial charge on any atom is 0.194 e. The predicted octanol–water partition coefficient (Wildman–Crippen LogP) is 3.82. The van der Waals surface area contributed by atoms with Gasteiger partial charge in [0.05, 0.1) is 5.56 Å². The SMILES string of the molecule is CC(=O)c1cc2ccc3c(c2o1)C=CC(C)(C)O3. The summed E-state index contributed by atoms with van der Waals surface area (Å²) in [7, 11) is 0. The fourth-order valence-electron chi connectivity index (χ4n) is 2.13. The molecule has 0 fully saturated rings. The zero-order valence-electron chi connectivity index (χ0n) is 10.6. The Morgan fingerprint density at radius 3 is 2.78 bits per heavy atom. The zero-order chi connectivity index (χ0) is 12.9. The highest BCUT2D eigenvalue weighted by atomic mass is 16.5. The minimum absolute atomic E-state index is 0.0685. The smallest absolute Gasteiger partial charge is 0.194 e. The Morgan fingerprint density at radius 2 is 2.06 bits per heavy atom. The van der Waals surface area contributed by atoms with Gasteiger partial charge in [0.2, 0.25) is 0 Å². The highest BCUT2D eigenvalue weighted by molar-refractivity contribution is 5.98. The lowest BCUT2D eigenvalue weighted by molar-refractivity contribution is 0.0989. The Kier molecular flexibility index (Phi) is 2.14. The maximum absolute atomic E-state index is 11.3. The van der Waals surface area contributed by atoms with Crippen LogP contribution >= 0.6 is 0 Å². The van der Waals surface area contributed by atoms with Gasteiger partial charge in [0, 0.05) is 12.3 Å². The summed E-state index contributed by atoms with van der Waals surface area (Å²) in [4.78, 5) is 11.3. The van der Waals surface area contributed by atoms with E-state index in [4.69, 9.17) is 9.15 Å². The van der Waals surface area contributed by atoms with Gasteiger partial charge in [-0.3, -0.25) is 4.79 Å². The van der Waals surface area contributed by atoms with Gasteiger partial charge in [-0.15, -0.1) is 0 Å². The lowest BCUT2D eigenvalue weighted by Crippen LogP contribution is -2.27. The van der Waals surface area contributed by atoms with Gasteiger partial charge in [-0.1, -0.05) is 0 Å². The number of hydrogen-bond donors (Lipinski definition) is 0. The van der Waals surface area contributed by atoms with Crippen LogP contribution in [0, 0.1) is 0 Å². The summed E-state index contributed by atoms with van der Waals surface area (Å²) in [6, 6.07) is 5.60. The van der Waals surface area contributed by atoms with Gasteiger partial charge in [-0.05, 0) is 44.2 Å². The van der Waals surface area contributed by atoms with Crippen LogP contribution in [0.2, 0.25) is 0 Å². The first-order chi connectivity index (χ1) is 8.46.